The lowest BCUT2D eigenvalue weighted by Gasteiger charge is -2.48. The predicted octanol–water partition coefficient (Wildman–Crippen LogP) is 9.17. The highest BCUT2D eigenvalue weighted by molar-refractivity contribution is 14.1. The molecule has 13 heteroatoms. The molecule has 4 aromatic rings. The van der Waals surface area contributed by atoms with Crippen molar-refractivity contribution < 1.29 is 32.1 Å². The van der Waals surface area contributed by atoms with E-state index >= 15 is 4.39 Å². The van der Waals surface area contributed by atoms with Gasteiger partial charge in [-0.3, -0.25) is 4.90 Å². The zero-order chi connectivity index (χ0) is 42.6. The summed E-state index contributed by atoms with van der Waals surface area (Å²) in [5, 5.41) is 10.6. The van der Waals surface area contributed by atoms with Crippen LogP contribution >= 0.6 is 34.2 Å². The first-order valence-electron chi connectivity index (χ1n) is 20.8. The minimum absolute atomic E-state index is 0.00311. The minimum Gasteiger partial charge on any atom is -0.497 e. The first-order valence-corrected chi connectivity index (χ1v) is 23.7. The smallest absolute Gasteiger partial charge is 0.217 e. The number of aliphatic hydroxyl groups excluding tert-OH is 1. The van der Waals surface area contributed by atoms with Crippen LogP contribution in [0.1, 0.15) is 61.8 Å². The fourth-order valence-electron chi connectivity index (χ4n) is 9.02. The number of benzene rings is 4. The van der Waals surface area contributed by atoms with Crippen molar-refractivity contribution in [2.45, 2.75) is 81.8 Å². The van der Waals surface area contributed by atoms with E-state index in [0.29, 0.717) is 31.2 Å². The van der Waals surface area contributed by atoms with E-state index in [2.05, 4.69) is 56.7 Å². The van der Waals surface area contributed by atoms with Crippen LogP contribution in [0.4, 0.5) is 10.1 Å². The van der Waals surface area contributed by atoms with Crippen molar-refractivity contribution in [3.63, 3.8) is 0 Å². The third kappa shape index (κ3) is 9.79. The van der Waals surface area contributed by atoms with Gasteiger partial charge in [0, 0.05) is 52.8 Å². The summed E-state index contributed by atoms with van der Waals surface area (Å²) in [5.74, 6) is 1.37. The Kier molecular flexibility index (Phi) is 14.4. The highest BCUT2D eigenvalue weighted by Gasteiger charge is 2.44. The van der Waals surface area contributed by atoms with Gasteiger partial charge in [0.25, 0.3) is 0 Å². The van der Waals surface area contributed by atoms with Gasteiger partial charge in [0.15, 0.2) is 0 Å². The highest BCUT2D eigenvalue weighted by atomic mass is 127. The summed E-state index contributed by atoms with van der Waals surface area (Å²) >= 11 is 8.79. The zero-order valence-corrected chi connectivity index (χ0v) is 38.6. The van der Waals surface area contributed by atoms with Gasteiger partial charge in [-0.1, -0.05) is 54.9 Å². The SMILES string of the molecule is COc1ccc(CN(Cc2ccc(OC)cc2)S(=O)(=O)[C@H](C)[C@@H](C)C/C=C(\F)[C@H](CO)N2CC[C@H]2CN2C[C@@]3(CCCc4cc(Cl)ccc43)COc3ccc(I)cc32)cc1. The third-order valence-corrected chi connectivity index (χ3v) is 16.2. The largest absolute Gasteiger partial charge is 0.497 e. The molecule has 322 valence electrons. The third-order valence-electron chi connectivity index (χ3n) is 12.9. The van der Waals surface area contributed by atoms with Gasteiger partial charge in [-0.2, -0.15) is 4.31 Å². The van der Waals surface area contributed by atoms with Crippen LogP contribution in [-0.2, 0) is 34.9 Å². The number of allylic oxidation sites excluding steroid dienone is 1. The molecule has 5 atom stereocenters. The van der Waals surface area contributed by atoms with Gasteiger partial charge in [0.2, 0.25) is 10.0 Å². The fourth-order valence-corrected chi connectivity index (χ4v) is 11.5. The van der Waals surface area contributed by atoms with Crippen LogP contribution in [0.5, 0.6) is 17.2 Å². The van der Waals surface area contributed by atoms with E-state index in [1.807, 2.05) is 67.6 Å². The summed E-state index contributed by atoms with van der Waals surface area (Å²) in [6.07, 6.45) is 5.56. The Morgan fingerprint density at radius 2 is 1.68 bits per heavy atom. The Hall–Kier alpha value is -3.40. The molecule has 2 aliphatic heterocycles. The maximum atomic E-state index is 16.3. The molecule has 0 unspecified atom stereocenters. The number of methoxy groups -OCH3 is 2. The molecule has 7 rings (SSSR count). The van der Waals surface area contributed by atoms with Crippen molar-refractivity contribution >= 4 is 49.9 Å². The second-order valence-electron chi connectivity index (χ2n) is 16.6. The van der Waals surface area contributed by atoms with Gasteiger partial charge in [0.05, 0.1) is 44.4 Å². The van der Waals surface area contributed by atoms with Crippen LogP contribution in [0.15, 0.2) is 96.8 Å². The van der Waals surface area contributed by atoms with Gasteiger partial charge in [-0.15, -0.1) is 0 Å². The van der Waals surface area contributed by atoms with Crippen molar-refractivity contribution in [2.24, 2.45) is 5.92 Å². The molecule has 0 saturated carbocycles. The summed E-state index contributed by atoms with van der Waals surface area (Å²) in [7, 11) is -0.679. The molecule has 0 bridgehead atoms. The molecule has 4 aromatic carbocycles. The Morgan fingerprint density at radius 1 is 1.02 bits per heavy atom. The number of fused-ring (bicyclic) bond motifs is 3. The van der Waals surface area contributed by atoms with Crippen molar-refractivity contribution in [2.75, 3.05) is 52.0 Å². The lowest BCUT2D eigenvalue weighted by Crippen LogP contribution is -2.60. The number of halogens is 3. The second kappa shape index (κ2) is 19.3. The molecule has 2 heterocycles. The van der Waals surface area contributed by atoms with Gasteiger partial charge < -0.3 is 24.2 Å². The number of ether oxygens (including phenoxy) is 3. The lowest BCUT2D eigenvalue weighted by atomic mass is 9.70. The number of hydrogen-bond acceptors (Lipinski definition) is 8. The van der Waals surface area contributed by atoms with Crippen molar-refractivity contribution in [1.29, 1.82) is 0 Å². The Morgan fingerprint density at radius 3 is 2.28 bits per heavy atom. The van der Waals surface area contributed by atoms with E-state index in [4.69, 9.17) is 25.8 Å². The standard InChI is InChI=1S/C47H56ClFIN3O6S/c1-32(33(2)60(55,56)52(26-34-8-14-40(57-3)15-9-34)27-35-10-16-41(58-4)17-11-35)7-19-43(49)45(29-54)53-23-21-39(53)28-51-30-47(31-59-46-20-13-38(50)25-44(46)51)22-5-6-36-24-37(48)12-18-42(36)47/h8-20,24-25,32-33,39,45,54H,5-7,21-23,26-31H2,1-4H3/b43-19-/t32-,33+,39-,45-,47-/m0/s1. The van der Waals surface area contributed by atoms with Gasteiger partial charge >= 0.3 is 0 Å². The van der Waals surface area contributed by atoms with Gasteiger partial charge in [-0.25, -0.2) is 12.8 Å². The molecule has 0 radical (unpaired) electrons. The van der Waals surface area contributed by atoms with Crippen LogP contribution in [0.2, 0.25) is 5.02 Å². The van der Waals surface area contributed by atoms with Crippen LogP contribution in [0.25, 0.3) is 0 Å². The zero-order valence-electron chi connectivity index (χ0n) is 34.8. The molecule has 0 aromatic heterocycles. The molecular formula is C47H56ClFIN3O6S. The molecule has 1 fully saturated rings. The number of rotatable bonds is 16. The van der Waals surface area contributed by atoms with E-state index in [0.717, 1.165) is 63.4 Å². The average Bonchev–Trinajstić information content (AvgIpc) is 3.39. The minimum atomic E-state index is -3.86. The van der Waals surface area contributed by atoms with E-state index in [1.54, 1.807) is 21.1 Å². The number of likely N-dealkylation sites (tertiary alicyclic amines) is 1. The molecule has 9 nitrogen and oxygen atoms in total. The number of hydrogen-bond donors (Lipinski definition) is 1. The predicted molar refractivity (Wildman–Crippen MR) is 246 cm³/mol. The molecule has 1 aliphatic carbocycles. The number of anilines is 1. The summed E-state index contributed by atoms with van der Waals surface area (Å²) in [6.45, 7) is 6.10. The van der Waals surface area contributed by atoms with E-state index in [1.165, 1.54) is 21.5 Å². The number of aliphatic hydroxyl groups is 1. The summed E-state index contributed by atoms with van der Waals surface area (Å²) < 4.78 is 64.9. The quantitative estimate of drug-likeness (QED) is 0.111. The Bertz CT molecular complexity index is 2200. The molecule has 3 aliphatic rings. The molecular weight excluding hydrogens is 916 g/mol. The Balaban J connectivity index is 1.06. The van der Waals surface area contributed by atoms with Gasteiger partial charge in [0.1, 0.15) is 23.1 Å². The van der Waals surface area contributed by atoms with E-state index in [-0.39, 0.29) is 37.6 Å². The number of sulfonamides is 1. The summed E-state index contributed by atoms with van der Waals surface area (Å²) in [6, 6.07) is 26.4. The van der Waals surface area contributed by atoms with Crippen LogP contribution in [0, 0.1) is 9.49 Å². The number of aryl methyl sites for hydroxylation is 1. The first kappa shape index (κ1) is 44.6. The van der Waals surface area contributed by atoms with E-state index < -0.39 is 33.1 Å². The van der Waals surface area contributed by atoms with Crippen molar-refractivity contribution in [1.82, 2.24) is 9.21 Å². The molecule has 1 spiro atoms. The molecule has 1 saturated heterocycles. The lowest BCUT2D eigenvalue weighted by molar-refractivity contribution is 0.0232. The molecule has 60 heavy (non-hydrogen) atoms. The average molecular weight is 972 g/mol. The summed E-state index contributed by atoms with van der Waals surface area (Å²) in [4.78, 5) is 4.47. The maximum Gasteiger partial charge on any atom is 0.217 e. The Labute approximate surface area is 373 Å². The second-order valence-corrected chi connectivity index (χ2v) is 20.6. The van der Waals surface area contributed by atoms with Crippen molar-refractivity contribution in [3.05, 3.63) is 128 Å². The van der Waals surface area contributed by atoms with Gasteiger partial charge in [-0.05, 0) is 144 Å². The topological polar surface area (TPSA) is 91.8 Å². The maximum absolute atomic E-state index is 16.3. The normalized spacial score (nSPS) is 21.0. The molecule has 0 amide bonds. The van der Waals surface area contributed by atoms with E-state index in [9.17, 15) is 13.5 Å². The van der Waals surface area contributed by atoms with Crippen LogP contribution in [0.3, 0.4) is 0 Å². The molecule has 1 N–H and O–H groups in total. The monoisotopic (exact) mass is 971 g/mol. The summed E-state index contributed by atoms with van der Waals surface area (Å²) in [5.41, 5.74) is 5.00. The number of nitrogens with zero attached hydrogens (tertiary/aromatic N) is 3. The fraction of sp³-hybridized carbons (Fsp3) is 0.447. The van der Waals surface area contributed by atoms with Crippen LogP contribution < -0.4 is 19.1 Å². The van der Waals surface area contributed by atoms with Crippen LogP contribution in [-0.4, -0.2) is 87.1 Å². The highest BCUT2D eigenvalue weighted by Crippen LogP contribution is 2.45. The first-order chi connectivity index (χ1) is 28.8. The van der Waals surface area contributed by atoms with Crippen molar-refractivity contribution in [3.8, 4) is 17.2 Å².